The van der Waals surface area contributed by atoms with Gasteiger partial charge in [0.1, 0.15) is 17.7 Å². The van der Waals surface area contributed by atoms with Crippen LogP contribution < -0.4 is 5.43 Å². The SMILES string of the molecule is COC(=O)C1N=C2C(C)=CC(OC3CCC3(C)c3ccccc3)=CN2N1. The molecule has 6 nitrogen and oxygen atoms in total. The molecule has 3 unspecified atom stereocenters. The average Bonchev–Trinajstić information content (AvgIpc) is 3.09. The molecule has 6 heteroatoms. The Labute approximate surface area is 153 Å². The maximum absolute atomic E-state index is 11.7. The number of amidine groups is 1. The summed E-state index contributed by atoms with van der Waals surface area (Å²) in [6, 6.07) is 10.5. The van der Waals surface area contributed by atoms with Crippen LogP contribution in [0.3, 0.4) is 0 Å². The van der Waals surface area contributed by atoms with Gasteiger partial charge in [-0.25, -0.2) is 9.79 Å². The van der Waals surface area contributed by atoms with Crippen LogP contribution in [-0.2, 0) is 19.7 Å². The Morgan fingerprint density at radius 3 is 2.77 bits per heavy atom. The number of carbonyl (C=O) groups excluding carboxylic acids is 1. The number of aliphatic imine (C=N–C) groups is 1. The molecule has 3 aliphatic rings. The number of nitrogens with zero attached hydrogens (tertiary/aromatic N) is 2. The lowest BCUT2D eigenvalue weighted by atomic mass is 9.63. The molecule has 0 aromatic heterocycles. The standard InChI is InChI=1S/C20H23N3O3/c1-13-11-15(12-23-18(13)21-17(22-23)19(24)25-3)26-16-9-10-20(16,2)14-7-5-4-6-8-14/h4-8,11-12,16-17,22H,9-10H2,1-3H3. The summed E-state index contributed by atoms with van der Waals surface area (Å²) in [7, 11) is 1.36. The maximum Gasteiger partial charge on any atom is 0.347 e. The van der Waals surface area contributed by atoms with Crippen molar-refractivity contribution in [2.24, 2.45) is 4.99 Å². The number of methoxy groups -OCH3 is 1. The van der Waals surface area contributed by atoms with Crippen molar-refractivity contribution in [1.82, 2.24) is 10.4 Å². The van der Waals surface area contributed by atoms with Crippen LogP contribution in [0.4, 0.5) is 0 Å². The van der Waals surface area contributed by atoms with E-state index in [9.17, 15) is 4.79 Å². The van der Waals surface area contributed by atoms with Gasteiger partial charge >= 0.3 is 5.97 Å². The van der Waals surface area contributed by atoms with E-state index >= 15 is 0 Å². The fraction of sp³-hybridized carbons (Fsp3) is 0.400. The van der Waals surface area contributed by atoms with Gasteiger partial charge in [0.25, 0.3) is 0 Å². The Hall–Kier alpha value is -2.60. The molecule has 0 radical (unpaired) electrons. The van der Waals surface area contributed by atoms with Crippen LogP contribution in [-0.4, -0.2) is 36.2 Å². The van der Waals surface area contributed by atoms with Crippen molar-refractivity contribution in [2.75, 3.05) is 7.11 Å². The van der Waals surface area contributed by atoms with Gasteiger partial charge in [-0.3, -0.25) is 5.01 Å². The summed E-state index contributed by atoms with van der Waals surface area (Å²) < 4.78 is 11.1. The summed E-state index contributed by atoms with van der Waals surface area (Å²) in [4.78, 5) is 16.1. The van der Waals surface area contributed by atoms with Crippen molar-refractivity contribution >= 4 is 11.8 Å². The molecule has 2 heterocycles. The highest BCUT2D eigenvalue weighted by Crippen LogP contribution is 2.46. The highest BCUT2D eigenvalue weighted by atomic mass is 16.5. The second kappa shape index (κ2) is 6.29. The van der Waals surface area contributed by atoms with Gasteiger partial charge in [0.2, 0.25) is 6.17 Å². The van der Waals surface area contributed by atoms with Crippen LogP contribution in [0.15, 0.2) is 58.9 Å². The van der Waals surface area contributed by atoms with Crippen molar-refractivity contribution in [3.05, 3.63) is 59.5 Å². The van der Waals surface area contributed by atoms with Crippen molar-refractivity contribution in [3.63, 3.8) is 0 Å². The van der Waals surface area contributed by atoms with E-state index in [4.69, 9.17) is 9.47 Å². The van der Waals surface area contributed by atoms with Gasteiger partial charge < -0.3 is 9.47 Å². The Morgan fingerprint density at radius 1 is 1.35 bits per heavy atom. The van der Waals surface area contributed by atoms with Gasteiger partial charge in [0.15, 0.2) is 0 Å². The number of rotatable bonds is 4. The van der Waals surface area contributed by atoms with E-state index in [-0.39, 0.29) is 11.5 Å². The Balaban J connectivity index is 1.51. The minimum atomic E-state index is -0.716. The topological polar surface area (TPSA) is 63.2 Å². The highest BCUT2D eigenvalue weighted by Gasteiger charge is 2.46. The second-order valence-corrected chi connectivity index (χ2v) is 7.16. The number of hydrogen-bond acceptors (Lipinski definition) is 6. The summed E-state index contributed by atoms with van der Waals surface area (Å²) in [6.07, 6.45) is 5.36. The van der Waals surface area contributed by atoms with Gasteiger partial charge in [-0.05, 0) is 37.0 Å². The van der Waals surface area contributed by atoms with E-state index < -0.39 is 12.1 Å². The normalized spacial score (nSPS) is 29.8. The van der Waals surface area contributed by atoms with Crippen LogP contribution in [0.5, 0.6) is 0 Å². The first-order valence-corrected chi connectivity index (χ1v) is 8.85. The molecule has 0 bridgehead atoms. The molecule has 26 heavy (non-hydrogen) atoms. The Kier molecular flexibility index (Phi) is 4.07. The van der Waals surface area contributed by atoms with Crippen molar-refractivity contribution in [3.8, 4) is 0 Å². The molecule has 3 atom stereocenters. The van der Waals surface area contributed by atoms with Gasteiger partial charge in [0, 0.05) is 5.41 Å². The molecule has 1 N–H and O–H groups in total. The first-order valence-electron chi connectivity index (χ1n) is 8.85. The predicted molar refractivity (Wildman–Crippen MR) is 98.0 cm³/mol. The smallest absolute Gasteiger partial charge is 0.347 e. The molecule has 1 fully saturated rings. The maximum atomic E-state index is 11.7. The zero-order valence-corrected chi connectivity index (χ0v) is 15.2. The number of allylic oxidation sites excluding steroid dienone is 1. The summed E-state index contributed by atoms with van der Waals surface area (Å²) in [6.45, 7) is 4.21. The average molecular weight is 353 g/mol. The third-order valence-electron chi connectivity index (χ3n) is 5.48. The molecule has 1 aliphatic carbocycles. The van der Waals surface area contributed by atoms with E-state index in [2.05, 4.69) is 41.6 Å². The Morgan fingerprint density at radius 2 is 2.12 bits per heavy atom. The molecule has 136 valence electrons. The third kappa shape index (κ3) is 2.70. The molecule has 2 aliphatic heterocycles. The molecule has 1 aromatic rings. The molecule has 0 saturated heterocycles. The number of hydrogen-bond donors (Lipinski definition) is 1. The number of hydrazine groups is 1. The quantitative estimate of drug-likeness (QED) is 0.843. The van der Waals surface area contributed by atoms with Gasteiger partial charge in [-0.2, -0.15) is 5.43 Å². The number of carbonyl (C=O) groups is 1. The number of benzene rings is 1. The van der Waals surface area contributed by atoms with E-state index in [1.807, 2.05) is 25.3 Å². The van der Waals surface area contributed by atoms with E-state index in [1.54, 1.807) is 5.01 Å². The first kappa shape index (κ1) is 16.8. The minimum Gasteiger partial charge on any atom is -0.488 e. The van der Waals surface area contributed by atoms with E-state index in [0.717, 1.165) is 24.2 Å². The predicted octanol–water partition coefficient (Wildman–Crippen LogP) is 2.64. The zero-order valence-electron chi connectivity index (χ0n) is 15.2. The third-order valence-corrected chi connectivity index (χ3v) is 5.48. The molecule has 4 rings (SSSR count). The molecule has 1 aromatic carbocycles. The van der Waals surface area contributed by atoms with Crippen molar-refractivity contribution in [1.29, 1.82) is 0 Å². The zero-order chi connectivity index (χ0) is 18.3. The summed E-state index contributed by atoms with van der Waals surface area (Å²) >= 11 is 0. The van der Waals surface area contributed by atoms with Gasteiger partial charge in [0.05, 0.1) is 13.3 Å². The lowest BCUT2D eigenvalue weighted by Crippen LogP contribution is -2.48. The monoisotopic (exact) mass is 353 g/mol. The van der Waals surface area contributed by atoms with Crippen LogP contribution in [0.2, 0.25) is 0 Å². The Bertz CT molecular complexity index is 815. The fourth-order valence-corrected chi connectivity index (χ4v) is 3.72. The summed E-state index contributed by atoms with van der Waals surface area (Å²) in [5.74, 6) is 1.07. The molecule has 0 amide bonds. The van der Waals surface area contributed by atoms with Crippen LogP contribution in [0.1, 0.15) is 32.3 Å². The number of ether oxygens (including phenoxy) is 2. The van der Waals surface area contributed by atoms with E-state index in [1.165, 1.54) is 12.7 Å². The highest BCUT2D eigenvalue weighted by molar-refractivity contribution is 6.02. The molecular weight excluding hydrogens is 330 g/mol. The fourth-order valence-electron chi connectivity index (χ4n) is 3.72. The van der Waals surface area contributed by atoms with Crippen LogP contribution in [0.25, 0.3) is 0 Å². The largest absolute Gasteiger partial charge is 0.488 e. The first-order chi connectivity index (χ1) is 12.5. The number of nitrogens with one attached hydrogen (secondary N) is 1. The minimum absolute atomic E-state index is 0.0190. The molecule has 0 spiro atoms. The number of esters is 1. The second-order valence-electron chi connectivity index (χ2n) is 7.16. The number of fused-ring (bicyclic) bond motifs is 1. The van der Waals surface area contributed by atoms with Crippen molar-refractivity contribution < 1.29 is 14.3 Å². The summed E-state index contributed by atoms with van der Waals surface area (Å²) in [5.41, 5.74) is 5.30. The lowest BCUT2D eigenvalue weighted by Gasteiger charge is -2.47. The molecule has 1 saturated carbocycles. The lowest BCUT2D eigenvalue weighted by molar-refractivity contribution is -0.143. The van der Waals surface area contributed by atoms with Crippen molar-refractivity contribution in [2.45, 2.75) is 44.4 Å². The summed E-state index contributed by atoms with van der Waals surface area (Å²) in [5, 5.41) is 1.74. The van der Waals surface area contributed by atoms with Gasteiger partial charge in [-0.15, -0.1) is 0 Å². The van der Waals surface area contributed by atoms with Crippen LogP contribution >= 0.6 is 0 Å². The van der Waals surface area contributed by atoms with Crippen LogP contribution in [0, 0.1) is 0 Å². The van der Waals surface area contributed by atoms with Gasteiger partial charge in [-0.1, -0.05) is 37.3 Å². The molecular formula is C20H23N3O3. The van der Waals surface area contributed by atoms with E-state index in [0.29, 0.717) is 5.84 Å².